The van der Waals surface area contributed by atoms with Crippen LogP contribution in [0.15, 0.2) is 34.7 Å². The third kappa shape index (κ3) is 3.98. The van der Waals surface area contributed by atoms with Gasteiger partial charge in [-0.15, -0.1) is 0 Å². The number of benzene rings is 1. The first-order valence-electron chi connectivity index (χ1n) is 6.68. The number of aryl methyl sites for hydroxylation is 2. The molecule has 0 bridgehead atoms. The SMILES string of the molecule is Cc1ccc(C(=O)Nc2ccc(C#CCCO)c(C)c2)o1. The number of carbonyl (C=O) groups excluding carboxylic acids is 1. The molecule has 4 nitrogen and oxygen atoms in total. The molecular weight excluding hydrogens is 266 g/mol. The maximum Gasteiger partial charge on any atom is 0.291 e. The highest BCUT2D eigenvalue weighted by molar-refractivity contribution is 6.02. The van der Waals surface area contributed by atoms with Gasteiger partial charge in [0.05, 0.1) is 6.61 Å². The molecule has 0 aliphatic heterocycles. The van der Waals surface area contributed by atoms with Gasteiger partial charge in [-0.25, -0.2) is 0 Å². The molecule has 1 heterocycles. The van der Waals surface area contributed by atoms with Gasteiger partial charge in [-0.2, -0.15) is 0 Å². The number of anilines is 1. The van der Waals surface area contributed by atoms with Gasteiger partial charge < -0.3 is 14.8 Å². The molecule has 0 aliphatic rings. The van der Waals surface area contributed by atoms with E-state index in [0.29, 0.717) is 17.9 Å². The summed E-state index contributed by atoms with van der Waals surface area (Å²) in [6.07, 6.45) is 0.454. The van der Waals surface area contributed by atoms with E-state index in [1.165, 1.54) is 0 Å². The first-order valence-corrected chi connectivity index (χ1v) is 6.68. The van der Waals surface area contributed by atoms with Crippen molar-refractivity contribution in [3.8, 4) is 11.8 Å². The molecule has 2 rings (SSSR count). The minimum absolute atomic E-state index is 0.0583. The molecule has 0 radical (unpaired) electrons. The van der Waals surface area contributed by atoms with Gasteiger partial charge in [0.15, 0.2) is 5.76 Å². The van der Waals surface area contributed by atoms with Crippen LogP contribution in [0.3, 0.4) is 0 Å². The van der Waals surface area contributed by atoms with E-state index in [4.69, 9.17) is 9.52 Å². The molecule has 0 saturated heterocycles. The Morgan fingerprint density at radius 2 is 2.10 bits per heavy atom. The number of furan rings is 1. The van der Waals surface area contributed by atoms with E-state index in [0.717, 1.165) is 11.1 Å². The molecule has 21 heavy (non-hydrogen) atoms. The van der Waals surface area contributed by atoms with Crippen molar-refractivity contribution in [1.29, 1.82) is 0 Å². The van der Waals surface area contributed by atoms with Gasteiger partial charge in [-0.05, 0) is 49.7 Å². The molecule has 0 unspecified atom stereocenters. The number of carbonyl (C=O) groups is 1. The predicted octanol–water partition coefficient (Wildman–Crippen LogP) is 2.88. The standard InChI is InChI=1S/C17H17NO3/c1-12-11-15(8-7-14(12)5-3-4-10-19)18-17(20)16-9-6-13(2)21-16/h6-9,11,19H,4,10H2,1-2H3,(H,18,20). The Labute approximate surface area is 123 Å². The van der Waals surface area contributed by atoms with E-state index in [9.17, 15) is 4.79 Å². The number of nitrogens with one attached hydrogen (secondary N) is 1. The van der Waals surface area contributed by atoms with E-state index in [1.807, 2.05) is 19.1 Å². The van der Waals surface area contributed by atoms with Crippen molar-refractivity contribution < 1.29 is 14.3 Å². The smallest absolute Gasteiger partial charge is 0.291 e. The lowest BCUT2D eigenvalue weighted by Crippen LogP contribution is -2.11. The van der Waals surface area contributed by atoms with Gasteiger partial charge in [0.25, 0.3) is 5.91 Å². The highest BCUT2D eigenvalue weighted by atomic mass is 16.3. The summed E-state index contributed by atoms with van der Waals surface area (Å²) in [6, 6.07) is 8.90. The number of rotatable bonds is 3. The van der Waals surface area contributed by atoms with E-state index in [-0.39, 0.29) is 18.3 Å². The maximum atomic E-state index is 12.0. The summed E-state index contributed by atoms with van der Waals surface area (Å²) >= 11 is 0. The Hall–Kier alpha value is -2.51. The van der Waals surface area contributed by atoms with Gasteiger partial charge >= 0.3 is 0 Å². The molecule has 1 aromatic carbocycles. The monoisotopic (exact) mass is 283 g/mol. The fourth-order valence-electron chi connectivity index (χ4n) is 1.84. The van der Waals surface area contributed by atoms with Crippen LogP contribution in [0.25, 0.3) is 0 Å². The molecule has 0 aliphatic carbocycles. The number of hydrogen-bond donors (Lipinski definition) is 2. The molecule has 0 saturated carbocycles. The predicted molar refractivity (Wildman–Crippen MR) is 81.2 cm³/mol. The average Bonchev–Trinajstić information content (AvgIpc) is 2.88. The van der Waals surface area contributed by atoms with Crippen LogP contribution in [-0.2, 0) is 0 Å². The zero-order valence-corrected chi connectivity index (χ0v) is 12.1. The van der Waals surface area contributed by atoms with E-state index in [2.05, 4.69) is 17.2 Å². The van der Waals surface area contributed by atoms with Crippen LogP contribution in [0.5, 0.6) is 0 Å². The topological polar surface area (TPSA) is 62.5 Å². The second kappa shape index (κ2) is 6.78. The number of hydrogen-bond acceptors (Lipinski definition) is 3. The Bertz CT molecular complexity index is 704. The average molecular weight is 283 g/mol. The third-order valence-corrected chi connectivity index (χ3v) is 2.91. The molecule has 2 aromatic rings. The quantitative estimate of drug-likeness (QED) is 0.851. The van der Waals surface area contributed by atoms with Crippen LogP contribution in [0.1, 0.15) is 33.9 Å². The molecule has 108 valence electrons. The van der Waals surface area contributed by atoms with E-state index >= 15 is 0 Å². The largest absolute Gasteiger partial charge is 0.456 e. The second-order valence-corrected chi connectivity index (χ2v) is 4.67. The Morgan fingerprint density at radius 3 is 2.71 bits per heavy atom. The normalized spacial score (nSPS) is 9.86. The zero-order valence-electron chi connectivity index (χ0n) is 12.1. The lowest BCUT2D eigenvalue weighted by atomic mass is 10.1. The molecule has 1 amide bonds. The van der Waals surface area contributed by atoms with Crippen molar-refractivity contribution in [2.75, 3.05) is 11.9 Å². The van der Waals surface area contributed by atoms with Crippen molar-refractivity contribution in [3.05, 3.63) is 53.0 Å². The number of amides is 1. The summed E-state index contributed by atoms with van der Waals surface area (Å²) < 4.78 is 5.28. The Kier molecular flexibility index (Phi) is 4.81. The van der Waals surface area contributed by atoms with Crippen molar-refractivity contribution in [3.63, 3.8) is 0 Å². The van der Waals surface area contributed by atoms with Crippen LogP contribution in [0, 0.1) is 25.7 Å². The van der Waals surface area contributed by atoms with Gasteiger partial charge in [-0.1, -0.05) is 11.8 Å². The first-order chi connectivity index (χ1) is 10.1. The van der Waals surface area contributed by atoms with Crippen molar-refractivity contribution in [2.45, 2.75) is 20.3 Å². The fourth-order valence-corrected chi connectivity index (χ4v) is 1.84. The molecule has 1 aromatic heterocycles. The Morgan fingerprint density at radius 1 is 1.29 bits per heavy atom. The Balaban J connectivity index is 2.10. The van der Waals surface area contributed by atoms with Gasteiger partial charge in [0.1, 0.15) is 5.76 Å². The van der Waals surface area contributed by atoms with Crippen LogP contribution >= 0.6 is 0 Å². The molecule has 4 heteroatoms. The van der Waals surface area contributed by atoms with Crippen molar-refractivity contribution >= 4 is 11.6 Å². The summed E-state index contributed by atoms with van der Waals surface area (Å²) in [5, 5.41) is 11.5. The summed E-state index contributed by atoms with van der Waals surface area (Å²) in [5.74, 6) is 6.58. The lowest BCUT2D eigenvalue weighted by molar-refractivity contribution is 0.0995. The highest BCUT2D eigenvalue weighted by Crippen LogP contribution is 2.16. The van der Waals surface area contributed by atoms with Crippen molar-refractivity contribution in [1.82, 2.24) is 0 Å². The fraction of sp³-hybridized carbons (Fsp3) is 0.235. The third-order valence-electron chi connectivity index (χ3n) is 2.91. The highest BCUT2D eigenvalue weighted by Gasteiger charge is 2.10. The van der Waals surface area contributed by atoms with Crippen LogP contribution in [0.4, 0.5) is 5.69 Å². The second-order valence-electron chi connectivity index (χ2n) is 4.67. The summed E-state index contributed by atoms with van der Waals surface area (Å²) in [7, 11) is 0. The maximum absolute atomic E-state index is 12.0. The van der Waals surface area contributed by atoms with E-state index in [1.54, 1.807) is 25.1 Å². The summed E-state index contributed by atoms with van der Waals surface area (Å²) in [4.78, 5) is 12.0. The van der Waals surface area contributed by atoms with Gasteiger partial charge in [-0.3, -0.25) is 4.79 Å². The molecule has 0 fully saturated rings. The number of aliphatic hydroxyl groups is 1. The number of aliphatic hydroxyl groups excluding tert-OH is 1. The van der Waals surface area contributed by atoms with E-state index < -0.39 is 0 Å². The van der Waals surface area contributed by atoms with Gasteiger partial charge in [0.2, 0.25) is 0 Å². The summed E-state index contributed by atoms with van der Waals surface area (Å²) in [5.41, 5.74) is 2.54. The zero-order chi connectivity index (χ0) is 15.2. The first kappa shape index (κ1) is 14.9. The van der Waals surface area contributed by atoms with Crippen LogP contribution in [0.2, 0.25) is 0 Å². The van der Waals surface area contributed by atoms with Crippen molar-refractivity contribution in [2.24, 2.45) is 0 Å². The summed E-state index contributed by atoms with van der Waals surface area (Å²) in [6.45, 7) is 3.78. The minimum Gasteiger partial charge on any atom is -0.456 e. The molecule has 2 N–H and O–H groups in total. The molecule has 0 spiro atoms. The van der Waals surface area contributed by atoms with Gasteiger partial charge in [0, 0.05) is 17.7 Å². The lowest BCUT2D eigenvalue weighted by Gasteiger charge is -2.05. The van der Waals surface area contributed by atoms with Crippen LogP contribution in [-0.4, -0.2) is 17.6 Å². The van der Waals surface area contributed by atoms with Crippen LogP contribution < -0.4 is 5.32 Å². The molecular formula is C17H17NO3. The molecule has 0 atom stereocenters. The minimum atomic E-state index is -0.276.